The molecule has 2 aromatic heterocycles. The summed E-state index contributed by atoms with van der Waals surface area (Å²) in [5.41, 5.74) is 13.1. The van der Waals surface area contributed by atoms with E-state index in [0.29, 0.717) is 5.02 Å². The largest absolute Gasteiger partial charge is 0.370 e. The fourth-order valence-electron chi connectivity index (χ4n) is 1.95. The molecule has 6 nitrogen and oxygen atoms in total. The number of aliphatic imine (C=N–C) groups is 1. The van der Waals surface area contributed by atoms with Crippen LogP contribution in [0.25, 0.3) is 22.2 Å². The molecule has 1 aromatic carbocycles. The molecule has 0 amide bonds. The Morgan fingerprint density at radius 3 is 2.75 bits per heavy atom. The summed E-state index contributed by atoms with van der Waals surface area (Å²) in [6.45, 7) is 0. The lowest BCUT2D eigenvalue weighted by Crippen LogP contribution is -2.22. The maximum Gasteiger partial charge on any atom is 0.253 e. The fraction of sp³-hybridized carbons (Fsp3) is 0. The smallest absolute Gasteiger partial charge is 0.253 e. The second kappa shape index (κ2) is 4.82. The average Bonchev–Trinajstić information content (AvgIpc) is 2.91. The lowest BCUT2D eigenvalue weighted by Gasteiger charge is -2.06. The normalized spacial score (nSPS) is 10.7. The van der Waals surface area contributed by atoms with E-state index in [4.69, 9.17) is 23.1 Å². The molecule has 0 unspecified atom stereocenters. The van der Waals surface area contributed by atoms with Gasteiger partial charge in [0, 0.05) is 28.4 Å². The number of H-pyrrole nitrogens is 1. The summed E-state index contributed by atoms with van der Waals surface area (Å²) in [6.07, 6.45) is 3.65. The van der Waals surface area contributed by atoms with Crippen LogP contribution in [0.4, 0.5) is 5.95 Å². The molecular weight excluding hydrogens is 276 g/mol. The van der Waals surface area contributed by atoms with Gasteiger partial charge in [0.15, 0.2) is 5.96 Å². The van der Waals surface area contributed by atoms with Gasteiger partial charge in [0.2, 0.25) is 0 Å². The molecular formula is C13H11ClN6. The van der Waals surface area contributed by atoms with Gasteiger partial charge in [0.1, 0.15) is 0 Å². The van der Waals surface area contributed by atoms with Crippen molar-refractivity contribution < 1.29 is 0 Å². The van der Waals surface area contributed by atoms with Crippen molar-refractivity contribution in [3.8, 4) is 11.3 Å². The Hall–Kier alpha value is -2.60. The van der Waals surface area contributed by atoms with Gasteiger partial charge in [0.25, 0.3) is 5.95 Å². The summed E-state index contributed by atoms with van der Waals surface area (Å²) in [5, 5.41) is 1.46. The first-order valence-corrected chi connectivity index (χ1v) is 6.21. The summed E-state index contributed by atoms with van der Waals surface area (Å²) in [4.78, 5) is 15.6. The van der Waals surface area contributed by atoms with Crippen LogP contribution >= 0.6 is 11.6 Å². The predicted octanol–water partition coefficient (Wildman–Crippen LogP) is 2.18. The van der Waals surface area contributed by atoms with Crippen LogP contribution in [0.2, 0.25) is 5.02 Å². The second-order valence-electron chi connectivity index (χ2n) is 4.17. The Morgan fingerprint density at radius 2 is 2.05 bits per heavy atom. The maximum atomic E-state index is 6.05. The first-order valence-electron chi connectivity index (χ1n) is 5.83. The van der Waals surface area contributed by atoms with E-state index in [-0.39, 0.29) is 11.9 Å². The number of hydrogen-bond acceptors (Lipinski definition) is 3. The summed E-state index contributed by atoms with van der Waals surface area (Å²) in [6, 6.07) is 7.29. The van der Waals surface area contributed by atoms with E-state index in [2.05, 4.69) is 19.9 Å². The van der Waals surface area contributed by atoms with Crippen LogP contribution in [0.3, 0.4) is 0 Å². The number of guanidine groups is 1. The number of aromatic amines is 1. The molecule has 2 heterocycles. The highest BCUT2D eigenvalue weighted by atomic mass is 35.5. The van der Waals surface area contributed by atoms with Gasteiger partial charge in [-0.15, -0.1) is 0 Å². The third-order valence-corrected chi connectivity index (χ3v) is 2.98. The number of nitrogens with one attached hydrogen (secondary N) is 1. The van der Waals surface area contributed by atoms with Crippen LogP contribution in [0, 0.1) is 0 Å². The van der Waals surface area contributed by atoms with Crippen molar-refractivity contribution in [1.82, 2.24) is 15.0 Å². The van der Waals surface area contributed by atoms with Gasteiger partial charge in [-0.1, -0.05) is 11.6 Å². The maximum absolute atomic E-state index is 6.05. The molecule has 0 aliphatic rings. The van der Waals surface area contributed by atoms with E-state index in [1.807, 2.05) is 24.5 Å². The summed E-state index contributed by atoms with van der Waals surface area (Å²) >= 11 is 6.05. The van der Waals surface area contributed by atoms with Crippen molar-refractivity contribution in [2.75, 3.05) is 0 Å². The van der Waals surface area contributed by atoms with Gasteiger partial charge in [-0.3, -0.25) is 0 Å². The second-order valence-corrected chi connectivity index (χ2v) is 4.61. The number of nitrogens with zero attached hydrogens (tertiary/aromatic N) is 3. The van der Waals surface area contributed by atoms with Crippen molar-refractivity contribution in [2.45, 2.75) is 0 Å². The Bertz CT molecular complexity index is 790. The molecule has 3 aromatic rings. The number of halogens is 1. The highest BCUT2D eigenvalue weighted by molar-refractivity contribution is 6.31. The molecule has 0 aliphatic heterocycles. The zero-order chi connectivity index (χ0) is 14.1. The Morgan fingerprint density at radius 1 is 1.20 bits per heavy atom. The van der Waals surface area contributed by atoms with Crippen LogP contribution in [0.1, 0.15) is 0 Å². The van der Waals surface area contributed by atoms with Crippen molar-refractivity contribution in [1.29, 1.82) is 0 Å². The van der Waals surface area contributed by atoms with E-state index in [9.17, 15) is 0 Å². The van der Waals surface area contributed by atoms with Gasteiger partial charge in [-0.25, -0.2) is 9.97 Å². The molecule has 20 heavy (non-hydrogen) atoms. The molecule has 7 heteroatoms. The van der Waals surface area contributed by atoms with Gasteiger partial charge in [0.05, 0.1) is 11.2 Å². The minimum Gasteiger partial charge on any atom is -0.370 e. The van der Waals surface area contributed by atoms with E-state index in [1.54, 1.807) is 12.1 Å². The molecule has 0 aliphatic carbocycles. The first kappa shape index (κ1) is 12.4. The highest BCUT2D eigenvalue weighted by Crippen LogP contribution is 2.29. The van der Waals surface area contributed by atoms with Gasteiger partial charge in [-0.05, 0) is 24.3 Å². The predicted molar refractivity (Wildman–Crippen MR) is 79.8 cm³/mol. The SMILES string of the molecule is NC(N)=Nc1nc(-c2cc[nH]c2)c2cc(Cl)ccc2n1. The van der Waals surface area contributed by atoms with Crippen LogP contribution < -0.4 is 11.5 Å². The number of fused-ring (bicyclic) bond motifs is 1. The number of rotatable bonds is 2. The fourth-order valence-corrected chi connectivity index (χ4v) is 2.12. The number of hydrogen-bond donors (Lipinski definition) is 3. The zero-order valence-corrected chi connectivity index (χ0v) is 11.1. The minimum atomic E-state index is -0.0849. The molecule has 0 saturated carbocycles. The van der Waals surface area contributed by atoms with E-state index in [1.165, 1.54) is 0 Å². The van der Waals surface area contributed by atoms with Crippen LogP contribution in [-0.4, -0.2) is 20.9 Å². The molecule has 0 bridgehead atoms. The summed E-state index contributed by atoms with van der Waals surface area (Å²) in [5.74, 6) is 0.134. The Labute approximate surface area is 119 Å². The van der Waals surface area contributed by atoms with Crippen molar-refractivity contribution in [3.63, 3.8) is 0 Å². The van der Waals surface area contributed by atoms with Crippen molar-refractivity contribution in [3.05, 3.63) is 41.7 Å². The van der Waals surface area contributed by atoms with Crippen molar-refractivity contribution >= 4 is 34.4 Å². The van der Waals surface area contributed by atoms with Gasteiger partial charge in [-0.2, -0.15) is 4.99 Å². The monoisotopic (exact) mass is 286 g/mol. The molecule has 5 N–H and O–H groups in total. The standard InChI is InChI=1S/C13H11ClN6/c14-8-1-2-10-9(5-8)11(7-3-4-17-6-7)19-13(18-10)20-12(15)16/h1-6,17H,(H4,15,16,18,19,20). The third kappa shape index (κ3) is 2.28. The minimum absolute atomic E-state index is 0.0849. The molecule has 3 rings (SSSR count). The van der Waals surface area contributed by atoms with E-state index in [0.717, 1.165) is 22.2 Å². The first-order chi connectivity index (χ1) is 9.63. The van der Waals surface area contributed by atoms with Crippen LogP contribution in [0.5, 0.6) is 0 Å². The zero-order valence-electron chi connectivity index (χ0n) is 10.3. The molecule has 100 valence electrons. The number of benzene rings is 1. The van der Waals surface area contributed by atoms with Gasteiger partial charge < -0.3 is 16.5 Å². The van der Waals surface area contributed by atoms with Crippen LogP contribution in [-0.2, 0) is 0 Å². The molecule has 0 saturated heterocycles. The molecule has 0 atom stereocenters. The lowest BCUT2D eigenvalue weighted by atomic mass is 10.1. The number of aromatic nitrogens is 3. The quantitative estimate of drug-likeness (QED) is 0.496. The Balaban J connectivity index is 2.33. The average molecular weight is 287 g/mol. The molecule has 0 fully saturated rings. The topological polar surface area (TPSA) is 106 Å². The Kier molecular flexibility index (Phi) is 3.00. The number of nitrogens with two attached hydrogens (primary N) is 2. The van der Waals surface area contributed by atoms with E-state index >= 15 is 0 Å². The third-order valence-electron chi connectivity index (χ3n) is 2.75. The van der Waals surface area contributed by atoms with E-state index < -0.39 is 0 Å². The molecule has 0 radical (unpaired) electrons. The van der Waals surface area contributed by atoms with Gasteiger partial charge >= 0.3 is 0 Å². The van der Waals surface area contributed by atoms with Crippen molar-refractivity contribution in [2.24, 2.45) is 16.5 Å². The molecule has 0 spiro atoms. The summed E-state index contributed by atoms with van der Waals surface area (Å²) in [7, 11) is 0. The lowest BCUT2D eigenvalue weighted by molar-refractivity contribution is 1.17. The van der Waals surface area contributed by atoms with Crippen LogP contribution in [0.15, 0.2) is 41.7 Å². The highest BCUT2D eigenvalue weighted by Gasteiger charge is 2.10. The summed E-state index contributed by atoms with van der Waals surface area (Å²) < 4.78 is 0.